The molecular weight excluding hydrogens is 308 g/mol. The molecule has 0 atom stereocenters. The van der Waals surface area contributed by atoms with Crippen molar-refractivity contribution >= 4 is 21.9 Å². The van der Waals surface area contributed by atoms with E-state index in [9.17, 15) is 4.79 Å². The van der Waals surface area contributed by atoms with Gasteiger partial charge in [0.1, 0.15) is 0 Å². The fourth-order valence-electron chi connectivity index (χ4n) is 1.80. The average Bonchev–Trinajstić information content (AvgIpc) is 2.78. The van der Waals surface area contributed by atoms with Gasteiger partial charge in [-0.05, 0) is 40.0 Å². The summed E-state index contributed by atoms with van der Waals surface area (Å²) in [7, 11) is 0. The minimum atomic E-state index is -0.811. The Labute approximate surface area is 120 Å². The van der Waals surface area contributed by atoms with Crippen LogP contribution in [0.4, 0.5) is 0 Å². The second-order valence-corrected chi connectivity index (χ2v) is 5.14. The monoisotopic (exact) mass is 322 g/mol. The molecular formula is C14H15BrN2O2. The van der Waals surface area contributed by atoms with Crippen LogP contribution in [-0.4, -0.2) is 20.9 Å². The average molecular weight is 323 g/mol. The Morgan fingerprint density at radius 1 is 1.37 bits per heavy atom. The van der Waals surface area contributed by atoms with Gasteiger partial charge in [0.05, 0.1) is 22.3 Å². The highest BCUT2D eigenvalue weighted by Gasteiger charge is 2.09. The number of carbonyl (C=O) groups is 1. The van der Waals surface area contributed by atoms with Crippen LogP contribution in [-0.2, 0) is 17.6 Å². The van der Waals surface area contributed by atoms with Crippen LogP contribution in [0.2, 0.25) is 0 Å². The largest absolute Gasteiger partial charge is 0.481 e. The Bertz CT molecular complexity index is 576. The van der Waals surface area contributed by atoms with E-state index in [0.29, 0.717) is 6.42 Å². The summed E-state index contributed by atoms with van der Waals surface area (Å²) >= 11 is 3.42. The van der Waals surface area contributed by atoms with Gasteiger partial charge in [-0.2, -0.15) is 5.10 Å². The quantitative estimate of drug-likeness (QED) is 0.919. The fourth-order valence-corrected chi connectivity index (χ4v) is 2.27. The summed E-state index contributed by atoms with van der Waals surface area (Å²) < 4.78 is 2.61. The molecule has 0 aliphatic carbocycles. The predicted molar refractivity (Wildman–Crippen MR) is 76.6 cm³/mol. The molecule has 4 nitrogen and oxygen atoms in total. The lowest BCUT2D eigenvalue weighted by Crippen LogP contribution is -2.00. The Balaban J connectivity index is 2.20. The number of hydrogen-bond acceptors (Lipinski definition) is 2. The first-order valence-electron chi connectivity index (χ1n) is 6.15. The van der Waals surface area contributed by atoms with Crippen molar-refractivity contribution in [2.75, 3.05) is 0 Å². The molecule has 0 amide bonds. The number of aromatic nitrogens is 2. The third-order valence-electron chi connectivity index (χ3n) is 2.92. The van der Waals surface area contributed by atoms with E-state index in [1.807, 2.05) is 18.3 Å². The first-order valence-corrected chi connectivity index (χ1v) is 6.94. The number of hydrogen-bond donors (Lipinski definition) is 1. The van der Waals surface area contributed by atoms with Crippen LogP contribution in [0, 0.1) is 0 Å². The van der Waals surface area contributed by atoms with Gasteiger partial charge in [-0.1, -0.05) is 19.1 Å². The SMILES string of the molecule is CCc1ccc(-n2cc(Br)c(CCC(=O)O)n2)cc1. The summed E-state index contributed by atoms with van der Waals surface area (Å²) in [6.45, 7) is 2.11. The minimum absolute atomic E-state index is 0.0877. The molecule has 2 rings (SSSR count). The second kappa shape index (κ2) is 6.02. The van der Waals surface area contributed by atoms with Crippen molar-refractivity contribution in [2.24, 2.45) is 0 Å². The molecule has 0 saturated carbocycles. The molecule has 0 spiro atoms. The predicted octanol–water partition coefficient (Wildman–Crippen LogP) is 3.21. The summed E-state index contributed by atoms with van der Waals surface area (Å²) in [5.41, 5.74) is 3.02. The molecule has 0 saturated heterocycles. The molecule has 1 N–H and O–H groups in total. The fraction of sp³-hybridized carbons (Fsp3) is 0.286. The Morgan fingerprint density at radius 3 is 2.63 bits per heavy atom. The van der Waals surface area contributed by atoms with Crippen LogP contribution < -0.4 is 0 Å². The van der Waals surface area contributed by atoms with E-state index in [1.54, 1.807) is 4.68 Å². The van der Waals surface area contributed by atoms with Crippen LogP contribution in [0.25, 0.3) is 5.69 Å². The van der Waals surface area contributed by atoms with Gasteiger partial charge in [-0.25, -0.2) is 4.68 Å². The number of aryl methyl sites for hydroxylation is 2. The molecule has 0 aliphatic rings. The standard InChI is InChI=1S/C14H15BrN2O2/c1-2-10-3-5-11(6-4-10)17-9-12(15)13(16-17)7-8-14(18)19/h3-6,9H,2,7-8H2,1H3,(H,18,19). The molecule has 100 valence electrons. The van der Waals surface area contributed by atoms with Crippen molar-refractivity contribution in [3.63, 3.8) is 0 Å². The van der Waals surface area contributed by atoms with E-state index >= 15 is 0 Å². The number of rotatable bonds is 5. The Kier molecular flexibility index (Phi) is 4.37. The van der Waals surface area contributed by atoms with E-state index in [-0.39, 0.29) is 6.42 Å². The lowest BCUT2D eigenvalue weighted by atomic mass is 10.1. The topological polar surface area (TPSA) is 55.1 Å². The Morgan fingerprint density at radius 2 is 2.05 bits per heavy atom. The summed E-state index contributed by atoms with van der Waals surface area (Å²) in [4.78, 5) is 10.6. The van der Waals surface area contributed by atoms with Gasteiger partial charge < -0.3 is 5.11 Å². The zero-order valence-electron chi connectivity index (χ0n) is 10.6. The van der Waals surface area contributed by atoms with E-state index < -0.39 is 5.97 Å². The minimum Gasteiger partial charge on any atom is -0.481 e. The first kappa shape index (κ1) is 13.8. The number of halogens is 1. The van der Waals surface area contributed by atoms with E-state index in [4.69, 9.17) is 5.11 Å². The summed E-state index contributed by atoms with van der Waals surface area (Å²) in [5, 5.41) is 13.1. The van der Waals surface area contributed by atoms with Crippen molar-refractivity contribution < 1.29 is 9.90 Å². The van der Waals surface area contributed by atoms with Crippen molar-refractivity contribution in [2.45, 2.75) is 26.2 Å². The van der Waals surface area contributed by atoms with Crippen molar-refractivity contribution in [1.29, 1.82) is 0 Å². The molecule has 0 fully saturated rings. The van der Waals surface area contributed by atoms with E-state index in [2.05, 4.69) is 40.1 Å². The van der Waals surface area contributed by atoms with Gasteiger partial charge in [-0.15, -0.1) is 0 Å². The van der Waals surface area contributed by atoms with Crippen molar-refractivity contribution in [3.8, 4) is 5.69 Å². The van der Waals surface area contributed by atoms with Gasteiger partial charge >= 0.3 is 5.97 Å². The summed E-state index contributed by atoms with van der Waals surface area (Å²) in [5.74, 6) is -0.811. The van der Waals surface area contributed by atoms with Crippen LogP contribution in [0.5, 0.6) is 0 Å². The van der Waals surface area contributed by atoms with Crippen LogP contribution >= 0.6 is 15.9 Å². The van der Waals surface area contributed by atoms with Gasteiger partial charge in [-0.3, -0.25) is 4.79 Å². The van der Waals surface area contributed by atoms with Gasteiger partial charge in [0, 0.05) is 12.6 Å². The third-order valence-corrected chi connectivity index (χ3v) is 3.59. The number of benzene rings is 1. The smallest absolute Gasteiger partial charge is 0.303 e. The zero-order chi connectivity index (χ0) is 13.8. The number of aliphatic carboxylic acids is 1. The Hall–Kier alpha value is -1.62. The molecule has 2 aromatic rings. The molecule has 0 radical (unpaired) electrons. The maximum Gasteiger partial charge on any atom is 0.303 e. The van der Waals surface area contributed by atoms with Crippen molar-refractivity contribution in [3.05, 3.63) is 46.2 Å². The molecule has 0 unspecified atom stereocenters. The molecule has 0 bridgehead atoms. The highest BCUT2D eigenvalue weighted by molar-refractivity contribution is 9.10. The van der Waals surface area contributed by atoms with E-state index in [1.165, 1.54) is 5.56 Å². The van der Waals surface area contributed by atoms with E-state index in [0.717, 1.165) is 22.3 Å². The molecule has 1 aromatic heterocycles. The molecule has 5 heteroatoms. The molecule has 1 aromatic carbocycles. The van der Waals surface area contributed by atoms with Crippen LogP contribution in [0.15, 0.2) is 34.9 Å². The third kappa shape index (κ3) is 3.44. The van der Waals surface area contributed by atoms with Gasteiger partial charge in [0.2, 0.25) is 0 Å². The van der Waals surface area contributed by atoms with Gasteiger partial charge in [0.25, 0.3) is 0 Å². The highest BCUT2D eigenvalue weighted by Crippen LogP contribution is 2.19. The first-order chi connectivity index (χ1) is 9.10. The van der Waals surface area contributed by atoms with Crippen molar-refractivity contribution in [1.82, 2.24) is 9.78 Å². The number of carboxylic acid groups (broad SMARTS) is 1. The lowest BCUT2D eigenvalue weighted by Gasteiger charge is -2.02. The summed E-state index contributed by atoms with van der Waals surface area (Å²) in [6.07, 6.45) is 3.38. The van der Waals surface area contributed by atoms with Crippen LogP contribution in [0.1, 0.15) is 24.6 Å². The zero-order valence-corrected chi connectivity index (χ0v) is 12.2. The van der Waals surface area contributed by atoms with Crippen LogP contribution in [0.3, 0.4) is 0 Å². The lowest BCUT2D eigenvalue weighted by molar-refractivity contribution is -0.136. The second-order valence-electron chi connectivity index (χ2n) is 4.28. The normalized spacial score (nSPS) is 10.6. The maximum atomic E-state index is 10.6. The number of carboxylic acids is 1. The maximum absolute atomic E-state index is 10.6. The van der Waals surface area contributed by atoms with Gasteiger partial charge in [0.15, 0.2) is 0 Å². The molecule has 1 heterocycles. The number of nitrogens with zero attached hydrogens (tertiary/aromatic N) is 2. The molecule has 19 heavy (non-hydrogen) atoms. The highest BCUT2D eigenvalue weighted by atomic mass is 79.9. The summed E-state index contributed by atoms with van der Waals surface area (Å²) in [6, 6.07) is 8.17. The molecule has 0 aliphatic heterocycles.